The Morgan fingerprint density at radius 1 is 1.31 bits per heavy atom. The first-order valence-electron chi connectivity index (χ1n) is 5.48. The molecule has 5 heteroatoms. The van der Waals surface area contributed by atoms with Crippen molar-refractivity contribution < 1.29 is 0 Å². The fourth-order valence-electron chi connectivity index (χ4n) is 1.77. The van der Waals surface area contributed by atoms with E-state index in [-0.39, 0.29) is 0 Å². The van der Waals surface area contributed by atoms with Crippen LogP contribution in [0.15, 0.2) is 12.4 Å². The maximum atomic E-state index is 4.43. The summed E-state index contributed by atoms with van der Waals surface area (Å²) in [4.78, 5) is 4.43. The number of likely N-dealkylation sites (N-methyl/N-ethyl adjacent to an activating group) is 1. The van der Waals surface area contributed by atoms with E-state index >= 15 is 0 Å². The number of aryl methyl sites for hydroxylation is 1. The van der Waals surface area contributed by atoms with Gasteiger partial charge in [-0.1, -0.05) is 6.92 Å². The Morgan fingerprint density at radius 3 is 2.75 bits per heavy atom. The van der Waals surface area contributed by atoms with Gasteiger partial charge in [0.05, 0.1) is 5.69 Å². The number of nitrogens with zero attached hydrogens (tertiary/aromatic N) is 4. The molecule has 0 aromatic carbocycles. The highest BCUT2D eigenvalue weighted by atomic mass is 15.2. The lowest BCUT2D eigenvalue weighted by Crippen LogP contribution is -2.28. The molecule has 0 spiro atoms. The molecule has 2 unspecified atom stereocenters. The zero-order valence-electron chi connectivity index (χ0n) is 10.1. The Morgan fingerprint density at radius 2 is 2.06 bits per heavy atom. The van der Waals surface area contributed by atoms with E-state index in [0.29, 0.717) is 12.0 Å². The first-order valence-corrected chi connectivity index (χ1v) is 5.48. The minimum absolute atomic E-state index is 0.303. The molecule has 86 valence electrons. The Balaban J connectivity index is 2.52. The molecule has 0 saturated heterocycles. The molecule has 2 aromatic rings. The van der Waals surface area contributed by atoms with Crippen molar-refractivity contribution in [1.82, 2.24) is 24.9 Å². The average Bonchev–Trinajstić information content (AvgIpc) is 2.69. The van der Waals surface area contributed by atoms with E-state index in [1.165, 1.54) is 0 Å². The van der Waals surface area contributed by atoms with E-state index in [0.717, 1.165) is 17.2 Å². The highest BCUT2D eigenvalue weighted by molar-refractivity contribution is 5.45. The molecule has 16 heavy (non-hydrogen) atoms. The van der Waals surface area contributed by atoms with Crippen molar-refractivity contribution in [3.05, 3.63) is 23.9 Å². The summed E-state index contributed by atoms with van der Waals surface area (Å²) in [5.74, 6) is 1.19. The third-order valence-corrected chi connectivity index (χ3v) is 3.16. The molecule has 2 heterocycles. The fraction of sp³-hybridized carbons (Fsp3) is 0.545. The fourth-order valence-corrected chi connectivity index (χ4v) is 1.77. The van der Waals surface area contributed by atoms with Crippen LogP contribution in [0, 0.1) is 6.92 Å². The summed E-state index contributed by atoms with van der Waals surface area (Å²) in [6.07, 6.45) is 3.70. The molecule has 0 radical (unpaired) electrons. The SMILES string of the molecule is CNC(C)C(C)c1nccn2c(C)nnc12. The van der Waals surface area contributed by atoms with Gasteiger partial charge in [0.2, 0.25) is 0 Å². The summed E-state index contributed by atoms with van der Waals surface area (Å²) in [5, 5.41) is 11.5. The molecular formula is C11H17N5. The lowest BCUT2D eigenvalue weighted by atomic mass is 10.00. The summed E-state index contributed by atoms with van der Waals surface area (Å²) in [7, 11) is 1.95. The van der Waals surface area contributed by atoms with Crippen LogP contribution < -0.4 is 5.32 Å². The topological polar surface area (TPSA) is 55.1 Å². The van der Waals surface area contributed by atoms with Crippen molar-refractivity contribution in [1.29, 1.82) is 0 Å². The second-order valence-electron chi connectivity index (χ2n) is 4.12. The second kappa shape index (κ2) is 4.17. The van der Waals surface area contributed by atoms with Gasteiger partial charge in [0.1, 0.15) is 5.82 Å². The van der Waals surface area contributed by atoms with Gasteiger partial charge in [-0.05, 0) is 20.9 Å². The summed E-state index contributed by atoms with van der Waals surface area (Å²) in [6.45, 7) is 6.22. The van der Waals surface area contributed by atoms with Crippen LogP contribution in [0.3, 0.4) is 0 Å². The van der Waals surface area contributed by atoms with E-state index in [2.05, 4.69) is 34.3 Å². The Bertz CT molecular complexity index is 490. The molecule has 0 saturated carbocycles. The number of hydrogen-bond donors (Lipinski definition) is 1. The zero-order valence-corrected chi connectivity index (χ0v) is 10.1. The van der Waals surface area contributed by atoms with Crippen molar-refractivity contribution in [3.8, 4) is 0 Å². The van der Waals surface area contributed by atoms with Crippen LogP contribution in [0.5, 0.6) is 0 Å². The molecule has 1 N–H and O–H groups in total. The standard InChI is InChI=1S/C11H17N5/c1-7(8(2)12-4)10-11-15-14-9(3)16(11)6-5-13-10/h5-8,12H,1-4H3. The van der Waals surface area contributed by atoms with E-state index in [1.807, 2.05) is 24.6 Å². The van der Waals surface area contributed by atoms with Gasteiger partial charge in [-0.25, -0.2) is 0 Å². The smallest absolute Gasteiger partial charge is 0.182 e. The van der Waals surface area contributed by atoms with Crippen LogP contribution >= 0.6 is 0 Å². The van der Waals surface area contributed by atoms with Gasteiger partial charge in [-0.2, -0.15) is 0 Å². The van der Waals surface area contributed by atoms with Gasteiger partial charge in [-0.15, -0.1) is 10.2 Å². The van der Waals surface area contributed by atoms with Crippen LogP contribution in [0.2, 0.25) is 0 Å². The number of rotatable bonds is 3. The van der Waals surface area contributed by atoms with E-state index in [4.69, 9.17) is 0 Å². The Kier molecular flexibility index (Phi) is 2.87. The Labute approximate surface area is 94.9 Å². The summed E-state index contributed by atoms with van der Waals surface area (Å²) >= 11 is 0. The van der Waals surface area contributed by atoms with Crippen molar-refractivity contribution >= 4 is 5.65 Å². The van der Waals surface area contributed by atoms with Gasteiger partial charge in [0.25, 0.3) is 0 Å². The zero-order chi connectivity index (χ0) is 11.7. The predicted octanol–water partition coefficient (Wildman–Crippen LogP) is 1.14. The maximum Gasteiger partial charge on any atom is 0.182 e. The van der Waals surface area contributed by atoms with Crippen LogP contribution in [-0.2, 0) is 0 Å². The predicted molar refractivity (Wildman–Crippen MR) is 62.5 cm³/mol. The molecule has 0 aliphatic rings. The summed E-state index contributed by atoms with van der Waals surface area (Å²) in [6, 6.07) is 0.357. The van der Waals surface area contributed by atoms with Crippen molar-refractivity contribution in [2.45, 2.75) is 32.7 Å². The second-order valence-corrected chi connectivity index (χ2v) is 4.12. The Hall–Kier alpha value is -1.49. The molecule has 0 fully saturated rings. The highest BCUT2D eigenvalue weighted by Crippen LogP contribution is 2.20. The summed E-state index contributed by atoms with van der Waals surface area (Å²) < 4.78 is 1.97. The molecule has 0 amide bonds. The molecule has 0 aliphatic heterocycles. The number of nitrogens with one attached hydrogen (secondary N) is 1. The highest BCUT2D eigenvalue weighted by Gasteiger charge is 2.18. The lowest BCUT2D eigenvalue weighted by Gasteiger charge is -2.18. The lowest BCUT2D eigenvalue weighted by molar-refractivity contribution is 0.515. The normalized spacial score (nSPS) is 15.2. The van der Waals surface area contributed by atoms with E-state index in [1.54, 1.807) is 6.20 Å². The third kappa shape index (κ3) is 1.67. The van der Waals surface area contributed by atoms with Crippen LogP contribution in [0.1, 0.15) is 31.3 Å². The molecule has 2 aromatic heterocycles. The quantitative estimate of drug-likeness (QED) is 0.841. The first kappa shape index (κ1) is 11.0. The van der Waals surface area contributed by atoms with Gasteiger partial charge < -0.3 is 5.32 Å². The van der Waals surface area contributed by atoms with Crippen LogP contribution in [0.25, 0.3) is 5.65 Å². The average molecular weight is 219 g/mol. The third-order valence-electron chi connectivity index (χ3n) is 3.16. The van der Waals surface area contributed by atoms with Crippen molar-refractivity contribution in [2.24, 2.45) is 0 Å². The van der Waals surface area contributed by atoms with Crippen molar-refractivity contribution in [3.63, 3.8) is 0 Å². The molecular weight excluding hydrogens is 202 g/mol. The van der Waals surface area contributed by atoms with Crippen LogP contribution in [0.4, 0.5) is 0 Å². The molecule has 2 rings (SSSR count). The van der Waals surface area contributed by atoms with Gasteiger partial charge >= 0.3 is 0 Å². The van der Waals surface area contributed by atoms with Crippen LogP contribution in [-0.4, -0.2) is 32.7 Å². The van der Waals surface area contributed by atoms with Gasteiger partial charge in [0, 0.05) is 24.4 Å². The molecule has 5 nitrogen and oxygen atoms in total. The van der Waals surface area contributed by atoms with Crippen molar-refractivity contribution in [2.75, 3.05) is 7.05 Å². The molecule has 0 bridgehead atoms. The first-order chi connectivity index (χ1) is 7.65. The molecule has 2 atom stereocenters. The number of aromatic nitrogens is 4. The monoisotopic (exact) mass is 219 g/mol. The van der Waals surface area contributed by atoms with Gasteiger partial charge in [-0.3, -0.25) is 9.38 Å². The molecule has 0 aliphatic carbocycles. The van der Waals surface area contributed by atoms with Gasteiger partial charge in [0.15, 0.2) is 5.65 Å². The maximum absolute atomic E-state index is 4.43. The minimum atomic E-state index is 0.303. The largest absolute Gasteiger partial charge is 0.317 e. The number of hydrogen-bond acceptors (Lipinski definition) is 4. The van der Waals surface area contributed by atoms with E-state index in [9.17, 15) is 0 Å². The minimum Gasteiger partial charge on any atom is -0.317 e. The summed E-state index contributed by atoms with van der Waals surface area (Å²) in [5.41, 5.74) is 1.85. The number of fused-ring (bicyclic) bond motifs is 1. The van der Waals surface area contributed by atoms with E-state index < -0.39 is 0 Å².